The molecule has 1 aliphatic rings. The fourth-order valence-corrected chi connectivity index (χ4v) is 4.48. The fourth-order valence-electron chi connectivity index (χ4n) is 4.48. The van der Waals surface area contributed by atoms with Crippen molar-refractivity contribution in [3.63, 3.8) is 0 Å². The highest BCUT2D eigenvalue weighted by atomic mass is 16.5. The number of anilines is 1. The maximum atomic E-state index is 13.6. The van der Waals surface area contributed by atoms with Gasteiger partial charge < -0.3 is 19.1 Å². The van der Waals surface area contributed by atoms with E-state index in [1.165, 1.54) is 0 Å². The smallest absolute Gasteiger partial charge is 0.232 e. The molecule has 186 valence electrons. The number of ether oxygens (including phenoxy) is 1. The number of aromatic nitrogens is 1. The van der Waals surface area contributed by atoms with Crippen LogP contribution in [0.2, 0.25) is 0 Å². The Morgan fingerprint density at radius 3 is 2.29 bits per heavy atom. The molecule has 0 atom stereocenters. The topological polar surface area (TPSA) is 62.1 Å². The van der Waals surface area contributed by atoms with E-state index in [2.05, 4.69) is 28.8 Å². The number of hydrogen-bond acceptors (Lipinski definition) is 6. The van der Waals surface area contributed by atoms with Crippen LogP contribution in [0.5, 0.6) is 0 Å². The van der Waals surface area contributed by atoms with Crippen LogP contribution in [-0.4, -0.2) is 73.3 Å². The zero-order valence-electron chi connectivity index (χ0n) is 20.9. The summed E-state index contributed by atoms with van der Waals surface area (Å²) >= 11 is 0. The number of carbonyl (C=O) groups excluding carboxylic acids is 1. The molecule has 1 saturated heterocycles. The molecule has 0 aliphatic carbocycles. The largest absolute Gasteiger partial charge is 0.379 e. The monoisotopic (exact) mass is 476 g/mol. The minimum absolute atomic E-state index is 0.107. The first kappa shape index (κ1) is 24.9. The van der Waals surface area contributed by atoms with Gasteiger partial charge in [-0.25, -0.2) is 0 Å². The summed E-state index contributed by atoms with van der Waals surface area (Å²) in [5, 5.41) is 4.47. The maximum absolute atomic E-state index is 13.6. The van der Waals surface area contributed by atoms with E-state index < -0.39 is 0 Å². The normalized spacial score (nSPS) is 14.1. The van der Waals surface area contributed by atoms with Gasteiger partial charge >= 0.3 is 0 Å². The summed E-state index contributed by atoms with van der Waals surface area (Å²) in [7, 11) is 0. The minimum Gasteiger partial charge on any atom is -0.379 e. The van der Waals surface area contributed by atoms with Crippen LogP contribution in [0.3, 0.4) is 0 Å². The number of carbonyl (C=O) groups is 1. The molecular formula is C28H36N4O3. The predicted molar refractivity (Wildman–Crippen MR) is 138 cm³/mol. The predicted octanol–water partition coefficient (Wildman–Crippen LogP) is 4.09. The van der Waals surface area contributed by atoms with E-state index in [0.717, 1.165) is 74.2 Å². The van der Waals surface area contributed by atoms with Gasteiger partial charge in [-0.05, 0) is 19.4 Å². The number of rotatable bonds is 11. The molecule has 7 nitrogen and oxygen atoms in total. The van der Waals surface area contributed by atoms with Gasteiger partial charge in [0.2, 0.25) is 11.8 Å². The molecular weight excluding hydrogens is 440 g/mol. The first-order chi connectivity index (χ1) is 17.2. The van der Waals surface area contributed by atoms with Gasteiger partial charge in [-0.3, -0.25) is 9.69 Å². The Balaban J connectivity index is 1.63. The number of amides is 1. The lowest BCUT2D eigenvalue weighted by atomic mass is 10.1. The Morgan fingerprint density at radius 1 is 0.971 bits per heavy atom. The second-order valence-electron chi connectivity index (χ2n) is 8.78. The van der Waals surface area contributed by atoms with E-state index in [4.69, 9.17) is 9.26 Å². The van der Waals surface area contributed by atoms with Crippen molar-refractivity contribution in [2.45, 2.75) is 26.8 Å². The Bertz CT molecular complexity index is 1040. The van der Waals surface area contributed by atoms with Gasteiger partial charge in [-0.2, -0.15) is 0 Å². The van der Waals surface area contributed by atoms with Crippen LogP contribution in [0, 0.1) is 0 Å². The lowest BCUT2D eigenvalue weighted by Crippen LogP contribution is -2.43. The molecule has 0 radical (unpaired) electrons. The summed E-state index contributed by atoms with van der Waals surface area (Å²) in [6, 6.07) is 20.0. The second kappa shape index (κ2) is 12.5. The van der Waals surface area contributed by atoms with Crippen molar-refractivity contribution in [3.8, 4) is 11.3 Å². The number of morpholine rings is 1. The first-order valence-electron chi connectivity index (χ1n) is 12.6. The third-order valence-electron chi connectivity index (χ3n) is 6.55. The molecule has 3 aromatic rings. The molecule has 1 aliphatic heterocycles. The van der Waals surface area contributed by atoms with Gasteiger partial charge in [0.05, 0.1) is 31.7 Å². The Morgan fingerprint density at radius 2 is 1.63 bits per heavy atom. The lowest BCUT2D eigenvalue weighted by molar-refractivity contribution is -0.131. The zero-order valence-corrected chi connectivity index (χ0v) is 20.9. The zero-order chi connectivity index (χ0) is 24.5. The molecule has 7 heteroatoms. The van der Waals surface area contributed by atoms with Crippen molar-refractivity contribution in [2.24, 2.45) is 0 Å². The van der Waals surface area contributed by atoms with Crippen molar-refractivity contribution < 1.29 is 14.1 Å². The van der Waals surface area contributed by atoms with Crippen LogP contribution in [0.4, 0.5) is 5.88 Å². The highest BCUT2D eigenvalue weighted by Gasteiger charge is 2.26. The molecule has 35 heavy (non-hydrogen) atoms. The summed E-state index contributed by atoms with van der Waals surface area (Å²) in [5.41, 5.74) is 3.78. The first-order valence-corrected chi connectivity index (χ1v) is 12.6. The van der Waals surface area contributed by atoms with Crippen molar-refractivity contribution in [1.29, 1.82) is 0 Å². The molecule has 0 spiro atoms. The molecule has 1 amide bonds. The highest BCUT2D eigenvalue weighted by molar-refractivity contribution is 5.79. The Hall–Kier alpha value is -3.16. The number of hydrogen-bond donors (Lipinski definition) is 0. The van der Waals surface area contributed by atoms with Gasteiger partial charge in [-0.1, -0.05) is 65.8 Å². The SMILES string of the molecule is CCN(CC)c1onc(-c2ccccc2)c1CN(CCN1CCOCC1)C(=O)Cc1ccccc1. The summed E-state index contributed by atoms with van der Waals surface area (Å²) in [5.74, 6) is 0.855. The van der Waals surface area contributed by atoms with E-state index in [1.54, 1.807) is 0 Å². The summed E-state index contributed by atoms with van der Waals surface area (Å²) in [6.45, 7) is 11.0. The van der Waals surface area contributed by atoms with E-state index in [-0.39, 0.29) is 5.91 Å². The average molecular weight is 477 g/mol. The molecule has 4 rings (SSSR count). The quantitative estimate of drug-likeness (QED) is 0.415. The molecule has 0 bridgehead atoms. The van der Waals surface area contributed by atoms with Gasteiger partial charge in [0.1, 0.15) is 5.69 Å². The number of nitrogens with zero attached hydrogens (tertiary/aromatic N) is 4. The van der Waals surface area contributed by atoms with Gasteiger partial charge in [0.25, 0.3) is 0 Å². The molecule has 0 N–H and O–H groups in total. The summed E-state index contributed by atoms with van der Waals surface area (Å²) in [6.07, 6.45) is 0.372. The third kappa shape index (κ3) is 6.50. The van der Waals surface area contributed by atoms with Crippen LogP contribution in [0.15, 0.2) is 65.2 Å². The molecule has 0 unspecified atom stereocenters. The summed E-state index contributed by atoms with van der Waals surface area (Å²) in [4.78, 5) is 20.1. The van der Waals surface area contributed by atoms with Crippen LogP contribution < -0.4 is 4.90 Å². The maximum Gasteiger partial charge on any atom is 0.232 e. The van der Waals surface area contributed by atoms with E-state index in [9.17, 15) is 4.79 Å². The highest BCUT2D eigenvalue weighted by Crippen LogP contribution is 2.32. The number of benzene rings is 2. The van der Waals surface area contributed by atoms with E-state index in [1.807, 2.05) is 65.6 Å². The lowest BCUT2D eigenvalue weighted by Gasteiger charge is -2.30. The molecule has 2 aromatic carbocycles. The van der Waals surface area contributed by atoms with Crippen molar-refractivity contribution in [2.75, 3.05) is 57.4 Å². The van der Waals surface area contributed by atoms with Gasteiger partial charge in [0, 0.05) is 44.8 Å². The van der Waals surface area contributed by atoms with E-state index >= 15 is 0 Å². The van der Waals surface area contributed by atoms with Crippen molar-refractivity contribution >= 4 is 11.8 Å². The minimum atomic E-state index is 0.107. The molecule has 1 aromatic heterocycles. The fraction of sp³-hybridized carbons (Fsp3) is 0.429. The Kier molecular flexibility index (Phi) is 8.92. The average Bonchev–Trinajstić information content (AvgIpc) is 3.32. The summed E-state index contributed by atoms with van der Waals surface area (Å²) < 4.78 is 11.4. The Labute approximate surface area is 208 Å². The standard InChI is InChI=1S/C28H36N4O3/c1-3-31(4-2)28-25(27(29-35-28)24-13-9-6-10-14-24)22-32(16-15-30-17-19-34-20-18-30)26(33)21-23-11-7-5-8-12-23/h5-14H,3-4,15-22H2,1-2H3. The molecule has 2 heterocycles. The van der Waals surface area contributed by atoms with Crippen LogP contribution in [0.1, 0.15) is 25.0 Å². The van der Waals surface area contributed by atoms with Gasteiger partial charge in [-0.15, -0.1) is 0 Å². The third-order valence-corrected chi connectivity index (χ3v) is 6.55. The van der Waals surface area contributed by atoms with Gasteiger partial charge in [0.15, 0.2) is 0 Å². The van der Waals surface area contributed by atoms with E-state index in [0.29, 0.717) is 19.5 Å². The van der Waals surface area contributed by atoms with Crippen molar-refractivity contribution in [3.05, 3.63) is 71.8 Å². The van der Waals surface area contributed by atoms with Crippen molar-refractivity contribution in [1.82, 2.24) is 15.0 Å². The van der Waals surface area contributed by atoms with Crippen LogP contribution >= 0.6 is 0 Å². The molecule has 1 fully saturated rings. The van der Waals surface area contributed by atoms with Crippen LogP contribution in [0.25, 0.3) is 11.3 Å². The second-order valence-corrected chi connectivity index (χ2v) is 8.78. The van der Waals surface area contributed by atoms with Crippen LogP contribution in [-0.2, 0) is 22.5 Å². The molecule has 0 saturated carbocycles.